The molecule has 0 aliphatic heterocycles. The normalized spacial score (nSPS) is 10.1. The van der Waals surface area contributed by atoms with Crippen molar-refractivity contribution in [3.8, 4) is 23.0 Å². The van der Waals surface area contributed by atoms with E-state index in [-0.39, 0.29) is 22.9 Å². The molecule has 3 aromatic carbocycles. The van der Waals surface area contributed by atoms with Crippen molar-refractivity contribution in [3.63, 3.8) is 0 Å². The number of benzene rings is 3. The molecule has 0 saturated heterocycles. The molecule has 0 saturated carbocycles. The van der Waals surface area contributed by atoms with Crippen molar-refractivity contribution in [2.75, 3.05) is 10.6 Å². The number of hydrogen-bond donors (Lipinski definition) is 2. The predicted molar refractivity (Wildman–Crippen MR) is 120 cm³/mol. The first kappa shape index (κ1) is 25.6. The Morgan fingerprint density at radius 2 is 0.917 bits per heavy atom. The van der Waals surface area contributed by atoms with E-state index in [2.05, 4.69) is 33.3 Å². The first-order valence-electron chi connectivity index (χ1n) is 9.82. The molecule has 0 atom stereocenters. The maximum Gasteiger partial charge on any atom is 0.416 e. The first-order chi connectivity index (χ1) is 17.2. The molecule has 2 amide bonds. The van der Waals surface area contributed by atoms with E-state index in [4.69, 9.17) is 9.47 Å². The van der Waals surface area contributed by atoms with Gasteiger partial charge in [0.05, 0.1) is 12.5 Å². The fraction of sp³-hybridized carbons (Fsp3) is 0. The summed E-state index contributed by atoms with van der Waals surface area (Å²) in [5.41, 5.74) is 0.463. The van der Waals surface area contributed by atoms with E-state index in [1.165, 1.54) is 48.5 Å². The van der Waals surface area contributed by atoms with Crippen LogP contribution in [0.1, 0.15) is 0 Å². The number of anilines is 2. The lowest BCUT2D eigenvalue weighted by molar-refractivity contribution is 0.200. The Morgan fingerprint density at radius 1 is 0.611 bits per heavy atom. The maximum absolute atomic E-state index is 14.6. The van der Waals surface area contributed by atoms with Crippen LogP contribution in [0.15, 0.2) is 74.2 Å². The molecule has 186 valence electrons. The van der Waals surface area contributed by atoms with Gasteiger partial charge >= 0.3 is 12.2 Å². The molecular formula is C24H16F4N2O6. The SMILES string of the molecule is C=COC(=O)Nc1ccc(Oc2c(F)c(F)c(Oc3ccc(NC(=O)OC=C)cc3)c(F)c2F)cc1. The van der Waals surface area contributed by atoms with Gasteiger partial charge in [0.25, 0.3) is 0 Å². The number of rotatable bonds is 8. The monoisotopic (exact) mass is 504 g/mol. The van der Waals surface area contributed by atoms with Crippen LogP contribution in [0.2, 0.25) is 0 Å². The van der Waals surface area contributed by atoms with Gasteiger partial charge in [-0.25, -0.2) is 9.59 Å². The van der Waals surface area contributed by atoms with Crippen molar-refractivity contribution in [1.82, 2.24) is 0 Å². The molecule has 0 aliphatic rings. The molecule has 2 N–H and O–H groups in total. The van der Waals surface area contributed by atoms with E-state index >= 15 is 0 Å². The Morgan fingerprint density at radius 3 is 1.19 bits per heavy atom. The lowest BCUT2D eigenvalue weighted by atomic mass is 10.2. The number of halogens is 4. The predicted octanol–water partition coefficient (Wildman–Crippen LogP) is 7.21. The second-order valence-electron chi connectivity index (χ2n) is 6.56. The van der Waals surface area contributed by atoms with Gasteiger partial charge in [0.1, 0.15) is 11.5 Å². The summed E-state index contributed by atoms with van der Waals surface area (Å²) in [6.45, 7) is 6.43. The van der Waals surface area contributed by atoms with E-state index in [1.807, 2.05) is 0 Å². The van der Waals surface area contributed by atoms with Gasteiger partial charge < -0.3 is 18.9 Å². The Labute approximate surface area is 201 Å². The van der Waals surface area contributed by atoms with Gasteiger partial charge in [0.15, 0.2) is 0 Å². The largest absolute Gasteiger partial charge is 0.451 e. The lowest BCUT2D eigenvalue weighted by Crippen LogP contribution is -2.10. The van der Waals surface area contributed by atoms with Gasteiger partial charge in [-0.2, -0.15) is 17.6 Å². The first-order valence-corrected chi connectivity index (χ1v) is 9.82. The van der Waals surface area contributed by atoms with E-state index in [9.17, 15) is 27.2 Å². The number of ether oxygens (including phenoxy) is 4. The summed E-state index contributed by atoms with van der Waals surface area (Å²) in [6, 6.07) is 9.88. The van der Waals surface area contributed by atoms with Crippen LogP contribution in [0, 0.1) is 23.3 Å². The van der Waals surface area contributed by atoms with Crippen LogP contribution in [0.3, 0.4) is 0 Å². The van der Waals surface area contributed by atoms with Crippen molar-refractivity contribution in [1.29, 1.82) is 0 Å². The van der Waals surface area contributed by atoms with Crippen molar-refractivity contribution in [2.24, 2.45) is 0 Å². The van der Waals surface area contributed by atoms with Gasteiger partial charge in [-0.3, -0.25) is 10.6 Å². The average molecular weight is 504 g/mol. The fourth-order valence-corrected chi connectivity index (χ4v) is 2.66. The molecule has 0 spiro atoms. The molecule has 0 radical (unpaired) electrons. The highest BCUT2D eigenvalue weighted by atomic mass is 19.2. The summed E-state index contributed by atoms with van der Waals surface area (Å²) < 4.78 is 77.2. The Kier molecular flexibility index (Phi) is 8.13. The Bertz CT molecular complexity index is 1170. The minimum absolute atomic E-state index is 0.194. The highest BCUT2D eigenvalue weighted by Crippen LogP contribution is 2.39. The molecule has 3 rings (SSSR count). The highest BCUT2D eigenvalue weighted by Gasteiger charge is 2.29. The molecule has 3 aromatic rings. The lowest BCUT2D eigenvalue weighted by Gasteiger charge is -2.14. The van der Waals surface area contributed by atoms with Gasteiger partial charge in [0, 0.05) is 11.4 Å². The van der Waals surface area contributed by atoms with Gasteiger partial charge in [-0.1, -0.05) is 13.2 Å². The summed E-state index contributed by atoms with van der Waals surface area (Å²) in [5, 5.41) is 4.64. The molecule has 0 aliphatic carbocycles. The zero-order chi connectivity index (χ0) is 26.2. The van der Waals surface area contributed by atoms with Gasteiger partial charge in [-0.05, 0) is 48.5 Å². The van der Waals surface area contributed by atoms with Crippen LogP contribution < -0.4 is 20.1 Å². The van der Waals surface area contributed by atoms with Crippen LogP contribution in [0.5, 0.6) is 23.0 Å². The highest BCUT2D eigenvalue weighted by molar-refractivity contribution is 5.85. The number of amides is 2. The molecule has 0 bridgehead atoms. The van der Waals surface area contributed by atoms with Gasteiger partial charge in [0.2, 0.25) is 34.8 Å². The van der Waals surface area contributed by atoms with Crippen molar-refractivity contribution < 1.29 is 46.1 Å². The Hall–Kier alpha value is -5.00. The van der Waals surface area contributed by atoms with Crippen molar-refractivity contribution in [2.45, 2.75) is 0 Å². The summed E-state index contributed by atoms with van der Waals surface area (Å²) in [4.78, 5) is 22.7. The minimum atomic E-state index is -1.84. The van der Waals surface area contributed by atoms with Crippen LogP contribution in [0.4, 0.5) is 38.5 Å². The third kappa shape index (κ3) is 6.11. The van der Waals surface area contributed by atoms with E-state index in [0.717, 1.165) is 12.5 Å². The molecule has 8 nitrogen and oxygen atoms in total. The zero-order valence-corrected chi connectivity index (χ0v) is 18.1. The topological polar surface area (TPSA) is 95.1 Å². The van der Waals surface area contributed by atoms with Crippen LogP contribution >= 0.6 is 0 Å². The minimum Gasteiger partial charge on any atom is -0.451 e. The average Bonchev–Trinajstić information content (AvgIpc) is 2.85. The van der Waals surface area contributed by atoms with Crippen LogP contribution in [-0.2, 0) is 9.47 Å². The quantitative estimate of drug-likeness (QED) is 0.191. The maximum atomic E-state index is 14.6. The molecular weight excluding hydrogens is 488 g/mol. The van der Waals surface area contributed by atoms with E-state index < -0.39 is 47.0 Å². The second-order valence-corrected chi connectivity index (χ2v) is 6.56. The second kappa shape index (κ2) is 11.4. The molecule has 0 heterocycles. The summed E-state index contributed by atoms with van der Waals surface area (Å²) in [5.74, 6) is -10.4. The third-order valence-electron chi connectivity index (χ3n) is 4.20. The smallest absolute Gasteiger partial charge is 0.416 e. The van der Waals surface area contributed by atoms with Crippen LogP contribution in [0.25, 0.3) is 0 Å². The fourth-order valence-electron chi connectivity index (χ4n) is 2.66. The molecule has 12 heteroatoms. The van der Waals surface area contributed by atoms with Gasteiger partial charge in [-0.15, -0.1) is 0 Å². The number of hydrogen-bond acceptors (Lipinski definition) is 6. The van der Waals surface area contributed by atoms with Crippen LogP contribution in [-0.4, -0.2) is 12.2 Å². The standard InChI is InChI=1S/C24H16F4N2O6/c1-3-33-23(31)29-13-5-9-15(10-6-13)35-21-17(25)19(27)22(20(28)18(21)26)36-16-11-7-14(8-12-16)30-24(32)34-4-2/h3-12H,1-2H2,(H,29,31)(H,30,32). The van der Waals surface area contributed by atoms with Crippen molar-refractivity contribution in [3.05, 3.63) is 97.5 Å². The summed E-state index contributed by atoms with van der Waals surface area (Å²) >= 11 is 0. The number of carbonyl (C=O) groups excluding carboxylic acids is 2. The molecule has 0 aromatic heterocycles. The molecule has 0 unspecified atom stereocenters. The number of nitrogens with one attached hydrogen (secondary N) is 2. The molecule has 36 heavy (non-hydrogen) atoms. The van der Waals surface area contributed by atoms with Crippen molar-refractivity contribution >= 4 is 23.6 Å². The molecule has 0 fully saturated rings. The van der Waals surface area contributed by atoms with E-state index in [1.54, 1.807) is 0 Å². The number of carbonyl (C=O) groups is 2. The summed E-state index contributed by atoms with van der Waals surface area (Å²) in [7, 11) is 0. The Balaban J connectivity index is 1.78. The summed E-state index contributed by atoms with van der Waals surface area (Å²) in [6.07, 6.45) is 0.141. The van der Waals surface area contributed by atoms with E-state index in [0.29, 0.717) is 0 Å². The zero-order valence-electron chi connectivity index (χ0n) is 18.1. The third-order valence-corrected chi connectivity index (χ3v) is 4.20.